The number of fused-ring (bicyclic) bond motifs is 1. The summed E-state index contributed by atoms with van der Waals surface area (Å²) in [4.78, 5) is 23.9. The molecule has 182 valence electrons. The van der Waals surface area contributed by atoms with Crippen molar-refractivity contribution in [3.63, 3.8) is 0 Å². The molecule has 0 saturated carbocycles. The van der Waals surface area contributed by atoms with Crippen LogP contribution in [0.25, 0.3) is 0 Å². The molecule has 0 amide bonds. The predicted molar refractivity (Wildman–Crippen MR) is 113 cm³/mol. The molecular formula is C21H29N3O9. The zero-order chi connectivity index (χ0) is 24.0. The molecule has 2 aliphatic rings. The maximum absolute atomic E-state index is 12.0. The lowest BCUT2D eigenvalue weighted by Crippen LogP contribution is -2.59. The Balaban J connectivity index is 1.95. The van der Waals surface area contributed by atoms with Gasteiger partial charge in [0.1, 0.15) is 6.17 Å². The molecule has 0 aromatic heterocycles. The molecule has 2 aliphatic heterocycles. The number of ether oxygens (including phenoxy) is 7. The maximum atomic E-state index is 12.0. The molecule has 1 aromatic carbocycles. The summed E-state index contributed by atoms with van der Waals surface area (Å²) >= 11 is 0. The minimum atomic E-state index is -0.845. The predicted octanol–water partition coefficient (Wildman–Crippen LogP) is 2.41. The topological polar surface area (TPSA) is 126 Å². The van der Waals surface area contributed by atoms with E-state index in [9.17, 15) is 9.59 Å². The van der Waals surface area contributed by atoms with Crippen LogP contribution in [0.15, 0.2) is 24.1 Å². The smallest absolute Gasteiger partial charge is 0.493 e. The number of carbonyl (C=O) groups is 2. The van der Waals surface area contributed by atoms with Gasteiger partial charge in [0.05, 0.1) is 46.8 Å². The van der Waals surface area contributed by atoms with Crippen molar-refractivity contribution in [1.82, 2.24) is 15.8 Å². The number of hydrazine groups is 1. The third-order valence-corrected chi connectivity index (χ3v) is 5.08. The summed E-state index contributed by atoms with van der Waals surface area (Å²) in [6.45, 7) is 3.70. The van der Waals surface area contributed by atoms with Crippen molar-refractivity contribution < 1.29 is 42.7 Å². The molecule has 0 spiro atoms. The van der Waals surface area contributed by atoms with Gasteiger partial charge in [-0.1, -0.05) is 0 Å². The zero-order valence-electron chi connectivity index (χ0n) is 19.2. The highest BCUT2D eigenvalue weighted by atomic mass is 16.7. The molecule has 12 nitrogen and oxygen atoms in total. The molecule has 3 unspecified atom stereocenters. The SMILES string of the molecule is CCOC(=O)OC1=CNN2C1NC(OC(=O)OCC)CC2c1ccc(OC)c(OC)c1OC. The van der Waals surface area contributed by atoms with Gasteiger partial charge in [0.25, 0.3) is 0 Å². The number of hydrogen-bond donors (Lipinski definition) is 2. The second kappa shape index (κ2) is 11.0. The molecule has 0 radical (unpaired) electrons. The van der Waals surface area contributed by atoms with E-state index >= 15 is 0 Å². The Morgan fingerprint density at radius 2 is 1.70 bits per heavy atom. The number of nitrogens with zero attached hydrogens (tertiary/aromatic N) is 1. The Bertz CT molecular complexity index is 892. The van der Waals surface area contributed by atoms with Crippen LogP contribution in [0, 0.1) is 0 Å². The molecule has 0 bridgehead atoms. The van der Waals surface area contributed by atoms with Crippen molar-refractivity contribution in [2.24, 2.45) is 0 Å². The number of benzene rings is 1. The summed E-state index contributed by atoms with van der Waals surface area (Å²) in [7, 11) is 4.57. The van der Waals surface area contributed by atoms with Crippen LogP contribution in [-0.2, 0) is 18.9 Å². The zero-order valence-corrected chi connectivity index (χ0v) is 19.2. The van der Waals surface area contributed by atoms with Gasteiger partial charge in [0, 0.05) is 12.0 Å². The number of carbonyl (C=O) groups excluding carboxylic acids is 2. The average molecular weight is 467 g/mol. The van der Waals surface area contributed by atoms with Gasteiger partial charge in [-0.3, -0.25) is 5.32 Å². The van der Waals surface area contributed by atoms with Crippen molar-refractivity contribution in [3.05, 3.63) is 29.7 Å². The minimum absolute atomic E-state index is 0.168. The fraction of sp³-hybridized carbons (Fsp3) is 0.524. The summed E-state index contributed by atoms with van der Waals surface area (Å²) in [6, 6.07) is 3.19. The standard InChI is InChI=1S/C21H29N3O9/c1-6-30-20(25)32-15-11-22-24-13(10-16(23-19(15)24)33-21(26)31-7-2)12-8-9-14(27-3)18(29-5)17(12)28-4/h8-9,11,13,16,19,22-23H,6-7,10H2,1-5H3. The Morgan fingerprint density at radius 1 is 1.00 bits per heavy atom. The second-order valence-electron chi connectivity index (χ2n) is 6.90. The van der Waals surface area contributed by atoms with Gasteiger partial charge in [0.15, 0.2) is 23.5 Å². The summed E-state index contributed by atoms with van der Waals surface area (Å²) in [6.07, 6.45) is -1.24. The van der Waals surface area contributed by atoms with Crippen molar-refractivity contribution in [2.75, 3.05) is 34.5 Å². The van der Waals surface area contributed by atoms with E-state index < -0.39 is 30.7 Å². The fourth-order valence-electron chi connectivity index (χ4n) is 3.76. The lowest BCUT2D eigenvalue weighted by Gasteiger charge is -2.42. The first-order valence-corrected chi connectivity index (χ1v) is 10.4. The summed E-state index contributed by atoms with van der Waals surface area (Å²) in [5, 5.41) is 4.94. The van der Waals surface area contributed by atoms with Crippen molar-refractivity contribution in [2.45, 2.75) is 38.7 Å². The molecule has 3 atom stereocenters. The van der Waals surface area contributed by atoms with Crippen LogP contribution >= 0.6 is 0 Å². The molecule has 3 rings (SSSR count). The largest absolute Gasteiger partial charge is 0.513 e. The Kier molecular flexibility index (Phi) is 8.06. The summed E-state index contributed by atoms with van der Waals surface area (Å²) in [5.74, 6) is 1.63. The van der Waals surface area contributed by atoms with Crippen molar-refractivity contribution >= 4 is 12.3 Å². The minimum Gasteiger partial charge on any atom is -0.493 e. The van der Waals surface area contributed by atoms with Crippen molar-refractivity contribution in [1.29, 1.82) is 0 Å². The van der Waals surface area contributed by atoms with E-state index in [1.165, 1.54) is 27.5 Å². The second-order valence-corrected chi connectivity index (χ2v) is 6.90. The Labute approximate surface area is 191 Å². The first-order valence-electron chi connectivity index (χ1n) is 10.4. The van der Waals surface area contributed by atoms with Crippen LogP contribution in [0.3, 0.4) is 0 Å². The third kappa shape index (κ3) is 5.17. The quantitative estimate of drug-likeness (QED) is 0.545. The summed E-state index contributed by atoms with van der Waals surface area (Å²) in [5.41, 5.74) is 3.83. The Morgan fingerprint density at radius 3 is 2.33 bits per heavy atom. The third-order valence-electron chi connectivity index (χ3n) is 5.08. The first kappa shape index (κ1) is 24.3. The van der Waals surface area contributed by atoms with Crippen molar-refractivity contribution in [3.8, 4) is 17.2 Å². The van der Waals surface area contributed by atoms with Gasteiger partial charge < -0.3 is 38.6 Å². The van der Waals surface area contributed by atoms with Gasteiger partial charge in [-0.05, 0) is 26.0 Å². The molecule has 1 fully saturated rings. The van der Waals surface area contributed by atoms with E-state index in [4.69, 9.17) is 33.2 Å². The molecular weight excluding hydrogens is 438 g/mol. The Hall–Kier alpha value is -3.38. The molecule has 2 heterocycles. The normalized spacial score (nSPS) is 21.7. The van der Waals surface area contributed by atoms with Gasteiger partial charge in [-0.25, -0.2) is 9.59 Å². The lowest BCUT2D eigenvalue weighted by molar-refractivity contribution is -0.0636. The van der Waals surface area contributed by atoms with Gasteiger partial charge in [0.2, 0.25) is 5.75 Å². The van der Waals surface area contributed by atoms with E-state index in [1.54, 1.807) is 19.9 Å². The van der Waals surface area contributed by atoms with Crippen LogP contribution in [0.1, 0.15) is 31.9 Å². The van der Waals surface area contributed by atoms with Crippen LogP contribution in [0.4, 0.5) is 9.59 Å². The number of rotatable bonds is 8. The average Bonchev–Trinajstić information content (AvgIpc) is 3.20. The van der Waals surface area contributed by atoms with Crippen LogP contribution < -0.4 is 25.0 Å². The van der Waals surface area contributed by atoms with Crippen LogP contribution in [-0.4, -0.2) is 64.3 Å². The van der Waals surface area contributed by atoms with E-state index in [2.05, 4.69) is 10.7 Å². The number of nitrogens with one attached hydrogen (secondary N) is 2. The molecule has 2 N–H and O–H groups in total. The molecule has 12 heteroatoms. The maximum Gasteiger partial charge on any atom is 0.513 e. The number of methoxy groups -OCH3 is 3. The number of hydrogen-bond acceptors (Lipinski definition) is 12. The van der Waals surface area contributed by atoms with Gasteiger partial charge in [-0.2, -0.15) is 5.01 Å². The first-order chi connectivity index (χ1) is 16.0. The lowest BCUT2D eigenvalue weighted by atomic mass is 9.97. The highest BCUT2D eigenvalue weighted by molar-refractivity contribution is 5.62. The van der Waals surface area contributed by atoms with Gasteiger partial charge >= 0.3 is 12.3 Å². The van der Waals surface area contributed by atoms with Crippen LogP contribution in [0.2, 0.25) is 0 Å². The van der Waals surface area contributed by atoms with E-state index in [1.807, 2.05) is 11.1 Å². The molecule has 1 aromatic rings. The fourth-order valence-corrected chi connectivity index (χ4v) is 3.76. The van der Waals surface area contributed by atoms with E-state index in [0.717, 1.165) is 5.56 Å². The molecule has 1 saturated heterocycles. The summed E-state index contributed by atoms with van der Waals surface area (Å²) < 4.78 is 37.1. The van der Waals surface area contributed by atoms with Crippen LogP contribution in [0.5, 0.6) is 17.2 Å². The van der Waals surface area contributed by atoms with Gasteiger partial charge in [-0.15, -0.1) is 0 Å². The molecule has 0 aliphatic carbocycles. The highest BCUT2D eigenvalue weighted by Crippen LogP contribution is 2.46. The highest BCUT2D eigenvalue weighted by Gasteiger charge is 2.45. The molecule has 33 heavy (non-hydrogen) atoms. The van der Waals surface area contributed by atoms with E-state index in [-0.39, 0.29) is 19.0 Å². The van der Waals surface area contributed by atoms with E-state index in [0.29, 0.717) is 23.7 Å². The monoisotopic (exact) mass is 467 g/mol.